The summed E-state index contributed by atoms with van der Waals surface area (Å²) in [5.41, 5.74) is 0.254. The molecular formula is C18H36IN3O3S. The monoisotopic (exact) mass is 501 g/mol. The van der Waals surface area contributed by atoms with Gasteiger partial charge in [-0.25, -0.2) is 8.42 Å². The largest absolute Gasteiger partial charge is 0.378 e. The van der Waals surface area contributed by atoms with E-state index >= 15 is 0 Å². The number of hydrogen-bond donors (Lipinski definition) is 2. The van der Waals surface area contributed by atoms with Crippen LogP contribution >= 0.6 is 24.0 Å². The molecule has 0 aromatic carbocycles. The van der Waals surface area contributed by atoms with E-state index in [1.165, 1.54) is 19.3 Å². The first kappa shape index (κ1) is 23.9. The molecule has 154 valence electrons. The van der Waals surface area contributed by atoms with E-state index in [-0.39, 0.29) is 41.7 Å². The first-order valence-electron chi connectivity index (χ1n) is 9.55. The molecule has 0 aromatic heterocycles. The zero-order chi connectivity index (χ0) is 18.7. The highest BCUT2D eigenvalue weighted by molar-refractivity contribution is 14.0. The SMILES string of the molecule is CCNC(=NCCS(=O)(=O)C(C)(C)C)NC1CC(OCC)C12CCC2.I. The molecule has 0 amide bonds. The molecule has 8 heteroatoms. The molecule has 2 N–H and O–H groups in total. The van der Waals surface area contributed by atoms with Crippen molar-refractivity contribution in [3.8, 4) is 0 Å². The molecule has 2 saturated carbocycles. The molecule has 2 rings (SSSR count). The van der Waals surface area contributed by atoms with Gasteiger partial charge in [0.05, 0.1) is 23.1 Å². The summed E-state index contributed by atoms with van der Waals surface area (Å²) in [5, 5.41) is 6.77. The van der Waals surface area contributed by atoms with Crippen molar-refractivity contribution in [1.82, 2.24) is 10.6 Å². The Kier molecular flexibility index (Phi) is 8.66. The Balaban J connectivity index is 0.00000338. The lowest BCUT2D eigenvalue weighted by atomic mass is 9.51. The standard InChI is InChI=1S/C18H35N3O3S.HI/c1-6-19-16(20-11-12-25(22,23)17(3,4)5)21-14-13-15(24-7-2)18(14)9-8-10-18;/h14-15H,6-13H2,1-5H3,(H2,19,20,21);1H. The van der Waals surface area contributed by atoms with Gasteiger partial charge >= 0.3 is 0 Å². The summed E-state index contributed by atoms with van der Waals surface area (Å²) in [7, 11) is -3.14. The van der Waals surface area contributed by atoms with Crippen LogP contribution in [0, 0.1) is 5.41 Å². The third-order valence-corrected chi connectivity index (χ3v) is 8.24. The number of nitrogens with one attached hydrogen (secondary N) is 2. The van der Waals surface area contributed by atoms with Crippen molar-refractivity contribution in [1.29, 1.82) is 0 Å². The second kappa shape index (κ2) is 9.41. The van der Waals surface area contributed by atoms with Crippen LogP contribution in [0.1, 0.15) is 60.3 Å². The van der Waals surface area contributed by atoms with Gasteiger partial charge in [0.2, 0.25) is 0 Å². The average Bonchev–Trinajstić information content (AvgIpc) is 2.42. The third kappa shape index (κ3) is 5.04. The fourth-order valence-electron chi connectivity index (χ4n) is 3.71. The Hall–Kier alpha value is -0.0900. The van der Waals surface area contributed by atoms with E-state index < -0.39 is 14.6 Å². The topological polar surface area (TPSA) is 79.8 Å². The van der Waals surface area contributed by atoms with Crippen molar-refractivity contribution in [2.75, 3.05) is 25.4 Å². The maximum absolute atomic E-state index is 12.2. The van der Waals surface area contributed by atoms with Crippen molar-refractivity contribution >= 4 is 39.8 Å². The van der Waals surface area contributed by atoms with E-state index in [4.69, 9.17) is 4.74 Å². The number of sulfone groups is 1. The Bertz CT molecular complexity index is 583. The van der Waals surface area contributed by atoms with Gasteiger partial charge in [-0.2, -0.15) is 0 Å². The zero-order valence-corrected chi connectivity index (χ0v) is 19.9. The maximum Gasteiger partial charge on any atom is 0.191 e. The van der Waals surface area contributed by atoms with Crippen LogP contribution in [-0.4, -0.2) is 56.7 Å². The molecule has 0 bridgehead atoms. The molecule has 2 fully saturated rings. The van der Waals surface area contributed by atoms with Crippen LogP contribution in [0.3, 0.4) is 0 Å². The molecule has 2 aliphatic rings. The molecule has 2 atom stereocenters. The highest BCUT2D eigenvalue weighted by Gasteiger charge is 2.59. The van der Waals surface area contributed by atoms with Gasteiger partial charge in [0.1, 0.15) is 0 Å². The lowest BCUT2D eigenvalue weighted by molar-refractivity contribution is -0.168. The second-order valence-corrected chi connectivity index (χ2v) is 11.0. The van der Waals surface area contributed by atoms with Crippen LogP contribution in [0.5, 0.6) is 0 Å². The summed E-state index contributed by atoms with van der Waals surface area (Å²) in [4.78, 5) is 4.50. The maximum atomic E-state index is 12.2. The van der Waals surface area contributed by atoms with E-state index in [0.717, 1.165) is 25.5 Å². The molecule has 6 nitrogen and oxygen atoms in total. The average molecular weight is 501 g/mol. The van der Waals surface area contributed by atoms with Gasteiger partial charge in [0.15, 0.2) is 15.8 Å². The number of aliphatic imine (C=N–C) groups is 1. The molecule has 0 radical (unpaired) electrons. The molecule has 2 aliphatic carbocycles. The van der Waals surface area contributed by atoms with Crippen molar-refractivity contribution in [2.24, 2.45) is 10.4 Å². The lowest BCUT2D eigenvalue weighted by Crippen LogP contribution is -2.68. The second-order valence-electron chi connectivity index (χ2n) is 8.16. The summed E-state index contributed by atoms with van der Waals surface area (Å²) in [6.07, 6.45) is 5.02. The van der Waals surface area contributed by atoms with E-state index in [2.05, 4.69) is 15.6 Å². The normalized spacial score (nSPS) is 25.0. The predicted molar refractivity (Wildman–Crippen MR) is 118 cm³/mol. The highest BCUT2D eigenvalue weighted by atomic mass is 127. The van der Waals surface area contributed by atoms with Crippen LogP contribution < -0.4 is 10.6 Å². The number of guanidine groups is 1. The van der Waals surface area contributed by atoms with Crippen molar-refractivity contribution in [3.05, 3.63) is 0 Å². The van der Waals surface area contributed by atoms with Gasteiger partial charge in [0.25, 0.3) is 0 Å². The van der Waals surface area contributed by atoms with Crippen LogP contribution in [0.2, 0.25) is 0 Å². The zero-order valence-electron chi connectivity index (χ0n) is 16.8. The lowest BCUT2D eigenvalue weighted by Gasteiger charge is -2.61. The molecule has 0 heterocycles. The van der Waals surface area contributed by atoms with Crippen molar-refractivity contribution in [2.45, 2.75) is 77.2 Å². The molecular weight excluding hydrogens is 465 g/mol. The Morgan fingerprint density at radius 3 is 2.38 bits per heavy atom. The summed E-state index contributed by atoms with van der Waals surface area (Å²) < 4.78 is 29.6. The quantitative estimate of drug-likeness (QED) is 0.319. The summed E-state index contributed by atoms with van der Waals surface area (Å²) in [5.74, 6) is 0.794. The highest BCUT2D eigenvalue weighted by Crippen LogP contribution is 2.57. The molecule has 0 aromatic rings. The Labute approximate surface area is 176 Å². The van der Waals surface area contributed by atoms with E-state index in [1.54, 1.807) is 20.8 Å². The van der Waals surface area contributed by atoms with E-state index in [0.29, 0.717) is 12.1 Å². The number of nitrogens with zero attached hydrogens (tertiary/aromatic N) is 1. The molecule has 0 aliphatic heterocycles. The number of halogens is 1. The van der Waals surface area contributed by atoms with Gasteiger partial charge in [-0.1, -0.05) is 6.42 Å². The van der Waals surface area contributed by atoms with Crippen LogP contribution in [0.15, 0.2) is 4.99 Å². The van der Waals surface area contributed by atoms with E-state index in [1.807, 2.05) is 13.8 Å². The van der Waals surface area contributed by atoms with Crippen LogP contribution in [0.4, 0.5) is 0 Å². The van der Waals surface area contributed by atoms with Gasteiger partial charge < -0.3 is 15.4 Å². The summed E-state index contributed by atoms with van der Waals surface area (Å²) in [6.45, 7) is 11.1. The predicted octanol–water partition coefficient (Wildman–Crippen LogP) is 2.72. The molecule has 2 unspecified atom stereocenters. The van der Waals surface area contributed by atoms with Crippen LogP contribution in [0.25, 0.3) is 0 Å². The van der Waals surface area contributed by atoms with Gasteiger partial charge in [0, 0.05) is 24.6 Å². The smallest absolute Gasteiger partial charge is 0.191 e. The number of ether oxygens (including phenoxy) is 1. The summed E-state index contributed by atoms with van der Waals surface area (Å²) >= 11 is 0. The Morgan fingerprint density at radius 2 is 1.92 bits per heavy atom. The number of rotatable bonds is 7. The third-order valence-electron chi connectivity index (χ3n) is 5.66. The number of hydrogen-bond acceptors (Lipinski definition) is 4. The summed E-state index contributed by atoms with van der Waals surface area (Å²) in [6, 6.07) is 0.370. The van der Waals surface area contributed by atoms with E-state index in [9.17, 15) is 8.42 Å². The minimum Gasteiger partial charge on any atom is -0.378 e. The van der Waals surface area contributed by atoms with Gasteiger partial charge in [-0.3, -0.25) is 4.99 Å². The molecule has 1 spiro atoms. The molecule has 26 heavy (non-hydrogen) atoms. The van der Waals surface area contributed by atoms with Gasteiger partial charge in [-0.05, 0) is 53.9 Å². The first-order chi connectivity index (χ1) is 11.7. The fraction of sp³-hybridized carbons (Fsp3) is 0.944. The Morgan fingerprint density at radius 1 is 1.27 bits per heavy atom. The van der Waals surface area contributed by atoms with Crippen LogP contribution in [-0.2, 0) is 14.6 Å². The van der Waals surface area contributed by atoms with Gasteiger partial charge in [-0.15, -0.1) is 24.0 Å². The van der Waals surface area contributed by atoms with Crippen molar-refractivity contribution in [3.63, 3.8) is 0 Å². The minimum atomic E-state index is -3.14. The fourth-order valence-corrected chi connectivity index (χ4v) is 4.65. The molecule has 0 saturated heterocycles. The minimum absolute atomic E-state index is 0. The first-order valence-corrected chi connectivity index (χ1v) is 11.2. The van der Waals surface area contributed by atoms with Crippen molar-refractivity contribution < 1.29 is 13.2 Å².